The quantitative estimate of drug-likeness (QED) is 0.609. The van der Waals surface area contributed by atoms with Crippen LogP contribution < -0.4 is 5.73 Å². The summed E-state index contributed by atoms with van der Waals surface area (Å²) in [7, 11) is 0. The van der Waals surface area contributed by atoms with Gasteiger partial charge in [0.2, 0.25) is 0 Å². The van der Waals surface area contributed by atoms with Crippen LogP contribution in [-0.4, -0.2) is 12.3 Å². The van der Waals surface area contributed by atoms with E-state index in [2.05, 4.69) is 20.4 Å². The minimum atomic E-state index is -0.0208. The van der Waals surface area contributed by atoms with Gasteiger partial charge in [0, 0.05) is 12.5 Å². The van der Waals surface area contributed by atoms with Crippen molar-refractivity contribution in [3.05, 3.63) is 12.7 Å². The van der Waals surface area contributed by atoms with Crippen LogP contribution in [0.5, 0.6) is 0 Å². The van der Waals surface area contributed by atoms with Gasteiger partial charge in [-0.1, -0.05) is 20.4 Å². The molecule has 0 rings (SSSR count). The van der Waals surface area contributed by atoms with E-state index >= 15 is 0 Å². The standard InChI is InChI=1S/C9H17NO/c1-4-9(11)8(6-10)5-7(2)3/h4,7-8H,1,5-6,10H2,2-3H3. The fraction of sp³-hybridized carbons (Fsp3) is 0.667. The van der Waals surface area contributed by atoms with Gasteiger partial charge >= 0.3 is 0 Å². The van der Waals surface area contributed by atoms with E-state index in [9.17, 15) is 4.79 Å². The largest absolute Gasteiger partial charge is 0.330 e. The van der Waals surface area contributed by atoms with Gasteiger partial charge in [0.25, 0.3) is 0 Å². The lowest BCUT2D eigenvalue weighted by molar-refractivity contribution is -0.118. The van der Waals surface area contributed by atoms with Gasteiger partial charge < -0.3 is 5.73 Å². The average Bonchev–Trinajstić information content (AvgIpc) is 1.98. The van der Waals surface area contributed by atoms with Gasteiger partial charge in [0.05, 0.1) is 0 Å². The van der Waals surface area contributed by atoms with Crippen LogP contribution in [0.2, 0.25) is 0 Å². The summed E-state index contributed by atoms with van der Waals surface area (Å²) < 4.78 is 0. The zero-order valence-electron chi connectivity index (χ0n) is 7.34. The molecule has 0 aromatic rings. The monoisotopic (exact) mass is 155 g/mol. The van der Waals surface area contributed by atoms with E-state index in [-0.39, 0.29) is 11.7 Å². The normalized spacial score (nSPS) is 13.1. The lowest BCUT2D eigenvalue weighted by Crippen LogP contribution is -2.23. The fourth-order valence-electron chi connectivity index (χ4n) is 1.06. The number of hydrogen-bond donors (Lipinski definition) is 1. The Labute approximate surface area is 68.5 Å². The minimum absolute atomic E-state index is 0.0208. The summed E-state index contributed by atoms with van der Waals surface area (Å²) in [5, 5.41) is 0. The summed E-state index contributed by atoms with van der Waals surface area (Å²) in [6.45, 7) is 8.03. The zero-order valence-corrected chi connectivity index (χ0v) is 7.34. The molecule has 2 heteroatoms. The second-order valence-electron chi connectivity index (χ2n) is 3.17. The topological polar surface area (TPSA) is 43.1 Å². The smallest absolute Gasteiger partial charge is 0.159 e. The number of carbonyl (C=O) groups excluding carboxylic acids is 1. The van der Waals surface area contributed by atoms with Crippen LogP contribution in [0.15, 0.2) is 12.7 Å². The maximum absolute atomic E-state index is 11.1. The van der Waals surface area contributed by atoms with Crippen molar-refractivity contribution in [2.75, 3.05) is 6.54 Å². The number of rotatable bonds is 5. The van der Waals surface area contributed by atoms with E-state index in [1.165, 1.54) is 6.08 Å². The molecule has 0 heterocycles. The molecule has 2 nitrogen and oxygen atoms in total. The Hall–Kier alpha value is -0.630. The Morgan fingerprint density at radius 3 is 2.45 bits per heavy atom. The Kier molecular flexibility index (Phi) is 4.79. The van der Waals surface area contributed by atoms with Gasteiger partial charge in [-0.15, -0.1) is 0 Å². The first-order valence-electron chi connectivity index (χ1n) is 3.98. The van der Waals surface area contributed by atoms with Crippen LogP contribution >= 0.6 is 0 Å². The predicted molar refractivity (Wildman–Crippen MR) is 47.2 cm³/mol. The lowest BCUT2D eigenvalue weighted by Gasteiger charge is -2.12. The highest BCUT2D eigenvalue weighted by Crippen LogP contribution is 2.11. The number of allylic oxidation sites excluding steroid dienone is 1. The Morgan fingerprint density at radius 2 is 2.18 bits per heavy atom. The number of hydrogen-bond acceptors (Lipinski definition) is 2. The third-order valence-corrected chi connectivity index (χ3v) is 1.64. The number of carbonyl (C=O) groups is 1. The summed E-state index contributed by atoms with van der Waals surface area (Å²) in [4.78, 5) is 11.1. The summed E-state index contributed by atoms with van der Waals surface area (Å²) in [6, 6.07) is 0. The number of ketones is 1. The van der Waals surface area contributed by atoms with E-state index in [0.717, 1.165) is 6.42 Å². The van der Waals surface area contributed by atoms with Crippen molar-refractivity contribution in [1.82, 2.24) is 0 Å². The molecular weight excluding hydrogens is 138 g/mol. The lowest BCUT2D eigenvalue weighted by atomic mass is 9.93. The van der Waals surface area contributed by atoms with Crippen LogP contribution in [0, 0.1) is 11.8 Å². The summed E-state index contributed by atoms with van der Waals surface area (Å²) in [6.07, 6.45) is 2.22. The van der Waals surface area contributed by atoms with Crippen LogP contribution in [-0.2, 0) is 4.79 Å². The predicted octanol–water partition coefficient (Wildman–Crippen LogP) is 1.36. The molecule has 0 radical (unpaired) electrons. The van der Waals surface area contributed by atoms with Crippen molar-refractivity contribution >= 4 is 5.78 Å². The first-order valence-corrected chi connectivity index (χ1v) is 3.98. The summed E-state index contributed by atoms with van der Waals surface area (Å²) in [5.41, 5.74) is 5.43. The molecule has 2 N–H and O–H groups in total. The van der Waals surface area contributed by atoms with Crippen molar-refractivity contribution in [2.24, 2.45) is 17.6 Å². The van der Waals surface area contributed by atoms with Gasteiger partial charge in [0.1, 0.15) is 0 Å². The van der Waals surface area contributed by atoms with Gasteiger partial charge in [-0.05, 0) is 18.4 Å². The molecule has 0 amide bonds. The fourth-order valence-corrected chi connectivity index (χ4v) is 1.06. The SMILES string of the molecule is C=CC(=O)C(CN)CC(C)C. The van der Waals surface area contributed by atoms with Crippen molar-refractivity contribution in [2.45, 2.75) is 20.3 Å². The average molecular weight is 155 g/mol. The van der Waals surface area contributed by atoms with Gasteiger partial charge in [0.15, 0.2) is 5.78 Å². The molecule has 0 aliphatic carbocycles. The Bertz CT molecular complexity index is 140. The van der Waals surface area contributed by atoms with Crippen LogP contribution in [0.3, 0.4) is 0 Å². The van der Waals surface area contributed by atoms with Gasteiger partial charge in [-0.2, -0.15) is 0 Å². The molecule has 1 atom stereocenters. The zero-order chi connectivity index (χ0) is 8.85. The molecule has 1 unspecified atom stereocenters. The van der Waals surface area contributed by atoms with Gasteiger partial charge in [-0.3, -0.25) is 4.79 Å². The van der Waals surface area contributed by atoms with Crippen molar-refractivity contribution < 1.29 is 4.79 Å². The highest BCUT2D eigenvalue weighted by molar-refractivity contribution is 5.91. The molecule has 0 saturated heterocycles. The maximum Gasteiger partial charge on any atom is 0.159 e. The molecule has 0 bridgehead atoms. The van der Waals surface area contributed by atoms with Crippen LogP contribution in [0.1, 0.15) is 20.3 Å². The van der Waals surface area contributed by atoms with Crippen LogP contribution in [0.4, 0.5) is 0 Å². The molecule has 0 spiro atoms. The molecular formula is C9H17NO. The second kappa shape index (κ2) is 5.08. The van der Waals surface area contributed by atoms with E-state index in [1.54, 1.807) is 0 Å². The Morgan fingerprint density at radius 1 is 1.64 bits per heavy atom. The molecule has 0 aliphatic heterocycles. The van der Waals surface area contributed by atoms with E-state index in [0.29, 0.717) is 12.5 Å². The van der Waals surface area contributed by atoms with E-state index in [1.807, 2.05) is 0 Å². The van der Waals surface area contributed by atoms with Crippen molar-refractivity contribution in [3.63, 3.8) is 0 Å². The first-order chi connectivity index (χ1) is 5.11. The molecule has 11 heavy (non-hydrogen) atoms. The Balaban J connectivity index is 3.94. The van der Waals surface area contributed by atoms with Crippen molar-refractivity contribution in [1.29, 1.82) is 0 Å². The molecule has 0 fully saturated rings. The second-order valence-corrected chi connectivity index (χ2v) is 3.17. The molecule has 0 aromatic heterocycles. The molecule has 0 aromatic carbocycles. The molecule has 0 saturated carbocycles. The highest BCUT2D eigenvalue weighted by atomic mass is 16.1. The molecule has 64 valence electrons. The first kappa shape index (κ1) is 10.4. The third-order valence-electron chi connectivity index (χ3n) is 1.64. The maximum atomic E-state index is 11.1. The van der Waals surface area contributed by atoms with Crippen LogP contribution in [0.25, 0.3) is 0 Å². The van der Waals surface area contributed by atoms with Crippen molar-refractivity contribution in [3.8, 4) is 0 Å². The molecule has 0 aliphatic rings. The summed E-state index contributed by atoms with van der Waals surface area (Å²) >= 11 is 0. The minimum Gasteiger partial charge on any atom is -0.330 e. The number of nitrogens with two attached hydrogens (primary N) is 1. The van der Waals surface area contributed by atoms with Gasteiger partial charge in [-0.25, -0.2) is 0 Å². The van der Waals surface area contributed by atoms with E-state index in [4.69, 9.17) is 5.73 Å². The third kappa shape index (κ3) is 3.94. The van der Waals surface area contributed by atoms with E-state index < -0.39 is 0 Å². The highest BCUT2D eigenvalue weighted by Gasteiger charge is 2.14. The summed E-state index contributed by atoms with van der Waals surface area (Å²) in [5.74, 6) is 0.571.